The maximum atomic E-state index is 12.6. The second-order valence-corrected chi connectivity index (χ2v) is 4.94. The van der Waals surface area contributed by atoms with E-state index in [1.807, 2.05) is 24.3 Å². The number of carbonyl (C=O) groups excluding carboxylic acids is 1. The van der Waals surface area contributed by atoms with Gasteiger partial charge in [0.2, 0.25) is 0 Å². The van der Waals surface area contributed by atoms with Crippen LogP contribution >= 0.6 is 11.6 Å². The van der Waals surface area contributed by atoms with Crippen molar-refractivity contribution in [1.82, 2.24) is 0 Å². The summed E-state index contributed by atoms with van der Waals surface area (Å²) in [5.74, 6) is 0.564. The van der Waals surface area contributed by atoms with Crippen molar-refractivity contribution in [2.45, 2.75) is 0 Å². The van der Waals surface area contributed by atoms with E-state index in [2.05, 4.69) is 0 Å². The van der Waals surface area contributed by atoms with Crippen LogP contribution in [0.5, 0.6) is 5.75 Å². The number of nitrogens with two attached hydrogens (primary N) is 1. The Hall–Kier alpha value is -2.20. The van der Waals surface area contributed by atoms with Gasteiger partial charge in [-0.2, -0.15) is 0 Å². The molecule has 2 aromatic carbocycles. The minimum atomic E-state index is -0.144. The Morgan fingerprint density at radius 1 is 1.25 bits per heavy atom. The number of nitrogen functional groups attached to an aromatic ring is 1. The van der Waals surface area contributed by atoms with Crippen molar-refractivity contribution < 1.29 is 9.53 Å². The van der Waals surface area contributed by atoms with E-state index in [-0.39, 0.29) is 5.91 Å². The van der Waals surface area contributed by atoms with Crippen LogP contribution in [-0.2, 0) is 0 Å². The maximum absolute atomic E-state index is 12.6. The molecule has 0 atom stereocenters. The lowest BCUT2D eigenvalue weighted by molar-refractivity contribution is 0.0977. The first-order chi connectivity index (χ1) is 9.66. The summed E-state index contributed by atoms with van der Waals surface area (Å²) >= 11 is 5.86. The van der Waals surface area contributed by atoms with Crippen molar-refractivity contribution in [1.29, 1.82) is 0 Å². The molecule has 2 N–H and O–H groups in total. The number of benzene rings is 2. The lowest BCUT2D eigenvalue weighted by Crippen LogP contribution is -2.38. The van der Waals surface area contributed by atoms with Crippen molar-refractivity contribution in [3.05, 3.63) is 53.1 Å². The van der Waals surface area contributed by atoms with Crippen LogP contribution in [0.1, 0.15) is 10.4 Å². The van der Waals surface area contributed by atoms with E-state index in [0.29, 0.717) is 35.2 Å². The van der Waals surface area contributed by atoms with Gasteiger partial charge in [-0.25, -0.2) is 0 Å². The van der Waals surface area contributed by atoms with Crippen LogP contribution in [0.25, 0.3) is 0 Å². The molecule has 0 spiro atoms. The standard InChI is InChI=1S/C15H13ClN2O2/c16-10-5-6-11(12(17)9-10)15(19)18-7-8-20-14-4-2-1-3-13(14)18/h1-6,9H,7-8,17H2. The van der Waals surface area contributed by atoms with Crippen LogP contribution in [0.3, 0.4) is 0 Å². The molecule has 0 saturated carbocycles. The molecule has 1 heterocycles. The van der Waals surface area contributed by atoms with E-state index in [0.717, 1.165) is 5.69 Å². The van der Waals surface area contributed by atoms with Crippen LogP contribution in [0.15, 0.2) is 42.5 Å². The molecule has 0 bridgehead atoms. The highest BCUT2D eigenvalue weighted by atomic mass is 35.5. The molecule has 2 aromatic rings. The van der Waals surface area contributed by atoms with Crippen molar-refractivity contribution >= 4 is 28.9 Å². The second kappa shape index (κ2) is 5.06. The Labute approximate surface area is 121 Å². The van der Waals surface area contributed by atoms with Crippen molar-refractivity contribution in [2.24, 2.45) is 0 Å². The molecule has 4 nitrogen and oxygen atoms in total. The van der Waals surface area contributed by atoms with E-state index < -0.39 is 0 Å². The molecule has 1 aliphatic heterocycles. The molecule has 0 aliphatic carbocycles. The highest BCUT2D eigenvalue weighted by Gasteiger charge is 2.25. The van der Waals surface area contributed by atoms with Gasteiger partial charge in [-0.15, -0.1) is 0 Å². The fourth-order valence-electron chi connectivity index (χ4n) is 2.25. The van der Waals surface area contributed by atoms with Crippen LogP contribution in [0, 0.1) is 0 Å². The highest BCUT2D eigenvalue weighted by Crippen LogP contribution is 2.32. The monoisotopic (exact) mass is 288 g/mol. The third kappa shape index (κ3) is 2.18. The first-order valence-electron chi connectivity index (χ1n) is 6.25. The number of nitrogens with zero attached hydrogens (tertiary/aromatic N) is 1. The van der Waals surface area contributed by atoms with E-state index >= 15 is 0 Å². The summed E-state index contributed by atoms with van der Waals surface area (Å²) in [7, 11) is 0. The van der Waals surface area contributed by atoms with Gasteiger partial charge in [-0.05, 0) is 30.3 Å². The Kier molecular flexibility index (Phi) is 3.24. The fourth-order valence-corrected chi connectivity index (χ4v) is 2.43. The van der Waals surface area contributed by atoms with Gasteiger partial charge in [0.25, 0.3) is 5.91 Å². The van der Waals surface area contributed by atoms with Crippen LogP contribution in [-0.4, -0.2) is 19.1 Å². The first-order valence-corrected chi connectivity index (χ1v) is 6.63. The zero-order valence-electron chi connectivity index (χ0n) is 10.7. The van der Waals surface area contributed by atoms with Crippen LogP contribution in [0.4, 0.5) is 11.4 Å². The number of ether oxygens (including phenoxy) is 1. The van der Waals surface area contributed by atoms with Gasteiger partial charge in [0.15, 0.2) is 0 Å². The number of carbonyl (C=O) groups is 1. The molecule has 0 aromatic heterocycles. The molecule has 102 valence electrons. The summed E-state index contributed by atoms with van der Waals surface area (Å²) in [6.07, 6.45) is 0. The van der Waals surface area contributed by atoms with Crippen molar-refractivity contribution in [2.75, 3.05) is 23.8 Å². The van der Waals surface area contributed by atoms with E-state index in [1.54, 1.807) is 23.1 Å². The molecule has 1 amide bonds. The largest absolute Gasteiger partial charge is 0.490 e. The molecule has 0 radical (unpaired) electrons. The smallest absolute Gasteiger partial charge is 0.260 e. The molecule has 0 unspecified atom stereocenters. The van der Waals surface area contributed by atoms with Crippen molar-refractivity contribution in [3.8, 4) is 5.75 Å². The summed E-state index contributed by atoms with van der Waals surface area (Å²) in [6, 6.07) is 12.4. The average Bonchev–Trinajstić information content (AvgIpc) is 2.46. The number of para-hydroxylation sites is 2. The number of anilines is 2. The zero-order chi connectivity index (χ0) is 14.1. The minimum absolute atomic E-state index is 0.144. The van der Waals surface area contributed by atoms with E-state index in [9.17, 15) is 4.79 Å². The summed E-state index contributed by atoms with van der Waals surface area (Å²) in [6.45, 7) is 0.966. The van der Waals surface area contributed by atoms with Crippen molar-refractivity contribution in [3.63, 3.8) is 0 Å². The van der Waals surface area contributed by atoms with Gasteiger partial charge in [-0.1, -0.05) is 23.7 Å². The SMILES string of the molecule is Nc1cc(Cl)ccc1C(=O)N1CCOc2ccccc21. The highest BCUT2D eigenvalue weighted by molar-refractivity contribution is 6.31. The number of amides is 1. The van der Waals surface area contributed by atoms with E-state index in [4.69, 9.17) is 22.1 Å². The van der Waals surface area contributed by atoms with Gasteiger partial charge in [-0.3, -0.25) is 4.79 Å². The lowest BCUT2D eigenvalue weighted by Gasteiger charge is -2.29. The average molecular weight is 289 g/mol. The molecular formula is C15H13ClN2O2. The quantitative estimate of drug-likeness (QED) is 0.821. The molecule has 20 heavy (non-hydrogen) atoms. The first kappa shape index (κ1) is 12.8. The van der Waals surface area contributed by atoms with Crippen LogP contribution in [0.2, 0.25) is 5.02 Å². The maximum Gasteiger partial charge on any atom is 0.260 e. The Bertz CT molecular complexity index is 673. The van der Waals surface area contributed by atoms with Gasteiger partial charge >= 0.3 is 0 Å². The normalized spacial score (nSPS) is 13.6. The Balaban J connectivity index is 2.00. The van der Waals surface area contributed by atoms with Gasteiger partial charge in [0.1, 0.15) is 12.4 Å². The summed E-state index contributed by atoms with van der Waals surface area (Å²) in [4.78, 5) is 14.3. The zero-order valence-corrected chi connectivity index (χ0v) is 11.4. The van der Waals surface area contributed by atoms with Crippen LogP contribution < -0.4 is 15.4 Å². The fraction of sp³-hybridized carbons (Fsp3) is 0.133. The van der Waals surface area contributed by atoms with E-state index in [1.165, 1.54) is 0 Å². The molecule has 0 fully saturated rings. The van der Waals surface area contributed by atoms with Gasteiger partial charge in [0.05, 0.1) is 17.8 Å². The lowest BCUT2D eigenvalue weighted by atomic mass is 10.1. The number of hydrogen-bond acceptors (Lipinski definition) is 3. The molecule has 0 saturated heterocycles. The number of halogens is 1. The summed E-state index contributed by atoms with van der Waals surface area (Å²) in [5, 5.41) is 0.515. The summed E-state index contributed by atoms with van der Waals surface area (Å²) < 4.78 is 5.54. The Morgan fingerprint density at radius 2 is 2.05 bits per heavy atom. The summed E-state index contributed by atoms with van der Waals surface area (Å²) in [5.41, 5.74) is 7.48. The third-order valence-corrected chi connectivity index (χ3v) is 3.45. The topological polar surface area (TPSA) is 55.6 Å². The number of hydrogen-bond donors (Lipinski definition) is 1. The molecule has 3 rings (SSSR count). The predicted molar refractivity (Wildman–Crippen MR) is 79.5 cm³/mol. The molecular weight excluding hydrogens is 276 g/mol. The van der Waals surface area contributed by atoms with Gasteiger partial charge in [0, 0.05) is 10.7 Å². The minimum Gasteiger partial charge on any atom is -0.490 e. The predicted octanol–water partition coefficient (Wildman–Crippen LogP) is 2.96. The van der Waals surface area contributed by atoms with Gasteiger partial charge < -0.3 is 15.4 Å². The Morgan fingerprint density at radius 3 is 2.85 bits per heavy atom. The molecule has 1 aliphatic rings. The second-order valence-electron chi connectivity index (χ2n) is 4.50. The third-order valence-electron chi connectivity index (χ3n) is 3.22. The molecule has 5 heteroatoms. The number of fused-ring (bicyclic) bond motifs is 1. The number of rotatable bonds is 1.